The third kappa shape index (κ3) is 3.76. The molecule has 0 saturated heterocycles. The zero-order valence-corrected chi connectivity index (χ0v) is 13.8. The summed E-state index contributed by atoms with van der Waals surface area (Å²) in [4.78, 5) is 0. The van der Waals surface area contributed by atoms with E-state index in [2.05, 4.69) is 15.4 Å². The molecule has 3 aromatic rings. The summed E-state index contributed by atoms with van der Waals surface area (Å²) in [7, 11) is 0. The minimum Gasteiger partial charge on any atom is -0.196 e. The first-order valence-corrected chi connectivity index (χ1v) is 7.72. The predicted octanol–water partition coefficient (Wildman–Crippen LogP) is 5.19. The van der Waals surface area contributed by atoms with Crippen LogP contribution in [0.2, 0.25) is 5.02 Å². The van der Waals surface area contributed by atoms with E-state index in [-0.39, 0.29) is 5.69 Å². The highest BCUT2D eigenvalue weighted by Crippen LogP contribution is 2.31. The van der Waals surface area contributed by atoms with Crippen molar-refractivity contribution in [3.63, 3.8) is 0 Å². The van der Waals surface area contributed by atoms with Crippen LogP contribution in [0.4, 0.5) is 13.2 Å². The highest BCUT2D eigenvalue weighted by molar-refractivity contribution is 6.31. The number of nitrogens with one attached hydrogen (secondary N) is 1. The molecule has 0 atom stereocenters. The molecule has 0 spiro atoms. The van der Waals surface area contributed by atoms with Crippen LogP contribution < -0.4 is 0 Å². The van der Waals surface area contributed by atoms with E-state index in [1.807, 2.05) is 6.07 Å². The molecule has 0 amide bonds. The van der Waals surface area contributed by atoms with Gasteiger partial charge in [-0.2, -0.15) is 28.7 Å². The Morgan fingerprint density at radius 2 is 1.88 bits per heavy atom. The molecule has 4 nitrogen and oxygen atoms in total. The first-order chi connectivity index (χ1) is 12.4. The second-order valence-corrected chi connectivity index (χ2v) is 5.76. The molecular formula is C18H10ClF3N4. The Balaban J connectivity index is 2.01. The molecule has 0 unspecified atom stereocenters. The van der Waals surface area contributed by atoms with Gasteiger partial charge in [-0.3, -0.25) is 0 Å². The number of H-pyrrole nitrogens is 1. The molecule has 8 heteroatoms. The van der Waals surface area contributed by atoms with Crippen LogP contribution in [0.5, 0.6) is 0 Å². The normalized spacial score (nSPS) is 11.7. The van der Waals surface area contributed by atoms with Gasteiger partial charge in [0.1, 0.15) is 11.8 Å². The number of hydrogen-bond acceptors (Lipinski definition) is 3. The fraction of sp³-hybridized carbons (Fsp3) is 0.0556. The molecule has 0 fully saturated rings. The summed E-state index contributed by atoms with van der Waals surface area (Å²) in [5, 5.41) is 19.6. The van der Waals surface area contributed by atoms with Gasteiger partial charge in [-0.15, -0.1) is 5.10 Å². The van der Waals surface area contributed by atoms with Gasteiger partial charge in [0.2, 0.25) is 0 Å². The van der Waals surface area contributed by atoms with E-state index in [4.69, 9.17) is 16.9 Å². The first kappa shape index (κ1) is 17.7. The van der Waals surface area contributed by atoms with Crippen LogP contribution in [0.25, 0.3) is 23.4 Å². The molecule has 0 radical (unpaired) electrons. The third-order valence-corrected chi connectivity index (χ3v) is 3.83. The summed E-state index contributed by atoms with van der Waals surface area (Å²) in [6.45, 7) is 0. The Kier molecular flexibility index (Phi) is 4.78. The van der Waals surface area contributed by atoms with Crippen LogP contribution in [0.15, 0.2) is 42.5 Å². The Morgan fingerprint density at radius 1 is 1.08 bits per heavy atom. The van der Waals surface area contributed by atoms with Crippen LogP contribution in [0.3, 0.4) is 0 Å². The van der Waals surface area contributed by atoms with Crippen molar-refractivity contribution in [2.24, 2.45) is 0 Å². The number of aromatic nitrogens is 3. The Bertz CT molecular complexity index is 1020. The maximum Gasteiger partial charge on any atom is 0.416 e. The Labute approximate surface area is 151 Å². The van der Waals surface area contributed by atoms with Crippen molar-refractivity contribution in [3.05, 3.63) is 69.9 Å². The molecule has 2 aromatic carbocycles. The number of alkyl halides is 3. The van der Waals surface area contributed by atoms with Crippen molar-refractivity contribution in [1.82, 2.24) is 15.4 Å². The lowest BCUT2D eigenvalue weighted by atomic mass is 10.0. The van der Waals surface area contributed by atoms with Gasteiger partial charge in [-0.05, 0) is 35.4 Å². The Morgan fingerprint density at radius 3 is 2.62 bits per heavy atom. The molecular weight excluding hydrogens is 365 g/mol. The summed E-state index contributed by atoms with van der Waals surface area (Å²) >= 11 is 6.03. The molecule has 130 valence electrons. The molecule has 0 bridgehead atoms. The summed E-state index contributed by atoms with van der Waals surface area (Å²) in [5.74, 6) is 0. The van der Waals surface area contributed by atoms with E-state index in [1.165, 1.54) is 6.07 Å². The van der Waals surface area contributed by atoms with Gasteiger partial charge in [-0.25, -0.2) is 0 Å². The second-order valence-electron chi connectivity index (χ2n) is 5.32. The zero-order chi connectivity index (χ0) is 18.7. The minimum atomic E-state index is -4.41. The van der Waals surface area contributed by atoms with E-state index in [0.29, 0.717) is 27.4 Å². The van der Waals surface area contributed by atoms with Crippen LogP contribution in [0.1, 0.15) is 22.4 Å². The van der Waals surface area contributed by atoms with Gasteiger partial charge >= 0.3 is 6.18 Å². The third-order valence-electron chi connectivity index (χ3n) is 3.59. The van der Waals surface area contributed by atoms with E-state index in [9.17, 15) is 13.2 Å². The van der Waals surface area contributed by atoms with Crippen LogP contribution in [0, 0.1) is 11.3 Å². The topological polar surface area (TPSA) is 65.4 Å². The van der Waals surface area contributed by atoms with Gasteiger partial charge in [0.05, 0.1) is 5.56 Å². The monoisotopic (exact) mass is 374 g/mol. The lowest BCUT2D eigenvalue weighted by Crippen LogP contribution is -2.04. The molecule has 0 aliphatic rings. The number of nitriles is 1. The Hall–Kier alpha value is -3.11. The van der Waals surface area contributed by atoms with Crippen molar-refractivity contribution in [1.29, 1.82) is 5.26 Å². The molecule has 0 saturated carbocycles. The van der Waals surface area contributed by atoms with Crippen molar-refractivity contribution in [3.8, 4) is 17.3 Å². The number of rotatable bonds is 3. The fourth-order valence-corrected chi connectivity index (χ4v) is 2.55. The van der Waals surface area contributed by atoms with Crippen molar-refractivity contribution < 1.29 is 13.2 Å². The van der Waals surface area contributed by atoms with E-state index >= 15 is 0 Å². The van der Waals surface area contributed by atoms with Crippen molar-refractivity contribution in [2.75, 3.05) is 0 Å². The standard InChI is InChI=1S/C18H10ClF3N4/c19-14-7-6-12(15(9-14)17-16(10-23)24-26-25-17)5-4-11-2-1-3-13(8-11)18(20,21)22/h1-9H,(H,24,25,26). The molecule has 1 N–H and O–H groups in total. The quantitative estimate of drug-likeness (QED) is 0.642. The number of halogens is 4. The van der Waals surface area contributed by atoms with Gasteiger partial charge in [0, 0.05) is 10.6 Å². The van der Waals surface area contributed by atoms with E-state index in [1.54, 1.807) is 36.4 Å². The van der Waals surface area contributed by atoms with Crippen molar-refractivity contribution >= 4 is 23.8 Å². The largest absolute Gasteiger partial charge is 0.416 e. The highest BCUT2D eigenvalue weighted by Gasteiger charge is 2.30. The fourth-order valence-electron chi connectivity index (χ4n) is 2.38. The number of aromatic amines is 1. The SMILES string of the molecule is N#Cc1n[nH]nc1-c1cc(Cl)ccc1C=Cc1cccc(C(F)(F)F)c1. The van der Waals surface area contributed by atoms with Crippen LogP contribution >= 0.6 is 11.6 Å². The minimum absolute atomic E-state index is 0.0981. The zero-order valence-electron chi connectivity index (χ0n) is 13.0. The lowest BCUT2D eigenvalue weighted by Gasteiger charge is -2.07. The molecule has 0 aliphatic heterocycles. The maximum absolute atomic E-state index is 12.8. The first-order valence-electron chi connectivity index (χ1n) is 7.34. The summed E-state index contributed by atoms with van der Waals surface area (Å²) < 4.78 is 38.5. The van der Waals surface area contributed by atoms with E-state index < -0.39 is 11.7 Å². The van der Waals surface area contributed by atoms with Gasteiger partial charge < -0.3 is 0 Å². The maximum atomic E-state index is 12.8. The molecule has 26 heavy (non-hydrogen) atoms. The number of benzene rings is 2. The van der Waals surface area contributed by atoms with E-state index in [0.717, 1.165) is 12.1 Å². The molecule has 1 aromatic heterocycles. The van der Waals surface area contributed by atoms with Gasteiger partial charge in [0.15, 0.2) is 5.69 Å². The lowest BCUT2D eigenvalue weighted by molar-refractivity contribution is -0.137. The number of nitrogens with zero attached hydrogens (tertiary/aromatic N) is 3. The second kappa shape index (κ2) is 7.02. The highest BCUT2D eigenvalue weighted by atomic mass is 35.5. The molecule has 0 aliphatic carbocycles. The number of hydrogen-bond donors (Lipinski definition) is 1. The van der Waals surface area contributed by atoms with Gasteiger partial charge in [0.25, 0.3) is 0 Å². The summed E-state index contributed by atoms with van der Waals surface area (Å²) in [6, 6.07) is 11.9. The summed E-state index contributed by atoms with van der Waals surface area (Å²) in [6.07, 6.45) is -1.22. The summed E-state index contributed by atoms with van der Waals surface area (Å²) in [5.41, 5.74) is 1.27. The van der Waals surface area contributed by atoms with Crippen molar-refractivity contribution in [2.45, 2.75) is 6.18 Å². The predicted molar refractivity (Wildman–Crippen MR) is 91.9 cm³/mol. The average molecular weight is 375 g/mol. The smallest absolute Gasteiger partial charge is 0.196 e. The van der Waals surface area contributed by atoms with Crippen LogP contribution in [-0.4, -0.2) is 15.4 Å². The average Bonchev–Trinajstić information content (AvgIpc) is 3.08. The van der Waals surface area contributed by atoms with Crippen LogP contribution in [-0.2, 0) is 6.18 Å². The molecule has 1 heterocycles. The van der Waals surface area contributed by atoms with Gasteiger partial charge in [-0.1, -0.05) is 42.0 Å². The molecule has 3 rings (SSSR count).